The highest BCUT2D eigenvalue weighted by molar-refractivity contribution is 7.36. The molecule has 0 amide bonds. The molecule has 0 saturated heterocycles. The number of hydrogen-bond acceptors (Lipinski definition) is 2. The van der Waals surface area contributed by atoms with Gasteiger partial charge in [-0.15, -0.1) is 9.24 Å². The molecule has 0 aliphatic rings. The summed E-state index contributed by atoms with van der Waals surface area (Å²) in [5.74, 6) is 0. The molecular weight excluding hydrogens is 227 g/mol. The van der Waals surface area contributed by atoms with Crippen LogP contribution in [0.25, 0.3) is 0 Å². The van der Waals surface area contributed by atoms with Crippen molar-refractivity contribution >= 4 is 24.9 Å². The highest BCUT2D eigenvalue weighted by Gasteiger charge is 2.49. The first-order valence-electron chi connectivity index (χ1n) is 5.19. The van der Waals surface area contributed by atoms with Crippen molar-refractivity contribution in [3.8, 4) is 0 Å². The van der Waals surface area contributed by atoms with Crippen LogP contribution in [0.1, 0.15) is 13.3 Å². The maximum Gasteiger partial charge on any atom is 0.315 e. The molecule has 0 heterocycles. The van der Waals surface area contributed by atoms with Gasteiger partial charge < -0.3 is 8.85 Å². The second-order valence-electron chi connectivity index (χ2n) is 4.78. The Morgan fingerprint density at radius 1 is 1.14 bits per heavy atom. The summed E-state index contributed by atoms with van der Waals surface area (Å²) in [4.78, 5) is 0. The van der Waals surface area contributed by atoms with Crippen molar-refractivity contribution in [3.63, 3.8) is 0 Å². The Labute approximate surface area is 93.0 Å². The summed E-state index contributed by atoms with van der Waals surface area (Å²) < 4.78 is 11.6. The molecule has 0 bridgehead atoms. The van der Waals surface area contributed by atoms with Crippen LogP contribution in [0.3, 0.4) is 0 Å². The van der Waals surface area contributed by atoms with E-state index in [1.165, 1.54) is 6.42 Å². The van der Waals surface area contributed by atoms with E-state index in [0.29, 0.717) is 5.66 Å². The summed E-state index contributed by atoms with van der Waals surface area (Å²) in [7, 11) is 3.31. The summed E-state index contributed by atoms with van der Waals surface area (Å²) >= 11 is 0. The molecule has 0 aromatic heterocycles. The highest BCUT2D eigenvalue weighted by Crippen LogP contribution is 2.29. The van der Waals surface area contributed by atoms with E-state index in [1.807, 2.05) is 14.2 Å². The molecule has 14 heavy (non-hydrogen) atoms. The van der Waals surface area contributed by atoms with Crippen LogP contribution in [0.15, 0.2) is 0 Å². The molecule has 0 N–H and O–H groups in total. The Morgan fingerprint density at radius 3 is 1.79 bits per heavy atom. The molecule has 0 aliphatic carbocycles. The monoisotopic (exact) mass is 252 g/mol. The van der Waals surface area contributed by atoms with Gasteiger partial charge in [-0.2, -0.15) is 0 Å². The minimum atomic E-state index is -1.91. The fourth-order valence-corrected chi connectivity index (χ4v) is 12.9. The zero-order valence-corrected chi connectivity index (χ0v) is 13.5. The molecule has 2 nitrogen and oxygen atoms in total. The molecular formula is C9H25O2PSi2. The smallest absolute Gasteiger partial charge is 0.315 e. The lowest BCUT2D eigenvalue weighted by molar-refractivity contribution is 0.261. The lowest BCUT2D eigenvalue weighted by atomic mass is 10.4. The first-order chi connectivity index (χ1) is 6.33. The SMILES string of the molecule is CCC(P)C[Si](OC)(OC)[Si](C)(C)C. The van der Waals surface area contributed by atoms with E-state index in [9.17, 15) is 0 Å². The van der Waals surface area contributed by atoms with E-state index in [0.717, 1.165) is 6.04 Å². The fraction of sp³-hybridized carbons (Fsp3) is 1.00. The van der Waals surface area contributed by atoms with Crippen LogP contribution in [-0.2, 0) is 8.85 Å². The van der Waals surface area contributed by atoms with Crippen LogP contribution in [0.5, 0.6) is 0 Å². The van der Waals surface area contributed by atoms with E-state index < -0.39 is 15.7 Å². The van der Waals surface area contributed by atoms with Gasteiger partial charge in [-0.05, 0) is 18.1 Å². The minimum Gasteiger partial charge on any atom is -0.400 e. The molecule has 2 unspecified atom stereocenters. The van der Waals surface area contributed by atoms with Gasteiger partial charge in [0.25, 0.3) is 0 Å². The second-order valence-corrected chi connectivity index (χ2v) is 19.7. The summed E-state index contributed by atoms with van der Waals surface area (Å²) in [6.07, 6.45) is 1.18. The highest BCUT2D eigenvalue weighted by atomic mass is 31.0. The van der Waals surface area contributed by atoms with Crippen molar-refractivity contribution in [2.24, 2.45) is 0 Å². The van der Waals surface area contributed by atoms with Crippen molar-refractivity contribution in [1.29, 1.82) is 0 Å². The third-order valence-electron chi connectivity index (χ3n) is 2.86. The molecule has 0 aromatic carbocycles. The zero-order valence-electron chi connectivity index (χ0n) is 10.4. The van der Waals surface area contributed by atoms with Gasteiger partial charge in [0, 0.05) is 14.2 Å². The van der Waals surface area contributed by atoms with E-state index in [4.69, 9.17) is 8.85 Å². The molecule has 0 radical (unpaired) electrons. The Balaban J connectivity index is 4.71. The summed E-state index contributed by atoms with van der Waals surface area (Å²) in [5, 5.41) is 0. The first-order valence-corrected chi connectivity index (χ1v) is 12.4. The fourth-order valence-electron chi connectivity index (χ4n) is 1.66. The van der Waals surface area contributed by atoms with Crippen LogP contribution in [-0.4, -0.2) is 35.5 Å². The Hall–Kier alpha value is 0.784. The third-order valence-corrected chi connectivity index (χ3v) is 17.4. The molecule has 86 valence electrons. The Bertz CT molecular complexity index is 167. The van der Waals surface area contributed by atoms with Crippen LogP contribution >= 0.6 is 9.24 Å². The summed E-state index contributed by atoms with van der Waals surface area (Å²) in [6, 6.07) is 1.11. The van der Waals surface area contributed by atoms with Gasteiger partial charge in [0.15, 0.2) is 0 Å². The van der Waals surface area contributed by atoms with Crippen LogP contribution in [0.2, 0.25) is 25.7 Å². The molecule has 5 heteroatoms. The quantitative estimate of drug-likeness (QED) is 0.534. The number of hydrogen-bond donors (Lipinski definition) is 0. The molecule has 0 spiro atoms. The van der Waals surface area contributed by atoms with Crippen molar-refractivity contribution in [2.45, 2.75) is 44.7 Å². The molecule has 0 aliphatic heterocycles. The standard InChI is InChI=1S/C9H25O2PSi2/c1-7-9(12)8-14(10-2,11-3)13(4,5)6/h9H,7-8,12H2,1-6H3. The number of rotatable bonds is 6. The topological polar surface area (TPSA) is 18.5 Å². The maximum atomic E-state index is 5.79. The molecule has 0 rings (SSSR count). The van der Waals surface area contributed by atoms with E-state index in [1.54, 1.807) is 0 Å². The normalized spacial score (nSPS) is 15.6. The summed E-state index contributed by atoms with van der Waals surface area (Å²) in [5.41, 5.74) is 0.633. The van der Waals surface area contributed by atoms with Gasteiger partial charge >= 0.3 is 8.08 Å². The van der Waals surface area contributed by atoms with Gasteiger partial charge in [0.1, 0.15) is 7.59 Å². The van der Waals surface area contributed by atoms with Gasteiger partial charge in [-0.1, -0.05) is 26.6 Å². The van der Waals surface area contributed by atoms with E-state index in [-0.39, 0.29) is 0 Å². The van der Waals surface area contributed by atoms with E-state index in [2.05, 4.69) is 35.8 Å². The molecule has 0 saturated carbocycles. The minimum absolute atomic E-state index is 0.633. The van der Waals surface area contributed by atoms with Gasteiger partial charge in [-0.3, -0.25) is 0 Å². The van der Waals surface area contributed by atoms with Crippen molar-refractivity contribution in [1.82, 2.24) is 0 Å². The molecule has 0 fully saturated rings. The Kier molecular flexibility index (Phi) is 6.08. The largest absolute Gasteiger partial charge is 0.400 e. The van der Waals surface area contributed by atoms with E-state index >= 15 is 0 Å². The summed E-state index contributed by atoms with van der Waals surface area (Å²) in [6.45, 7) is 9.25. The lowest BCUT2D eigenvalue weighted by Gasteiger charge is -2.39. The van der Waals surface area contributed by atoms with Crippen LogP contribution in [0.4, 0.5) is 0 Å². The second kappa shape index (κ2) is 5.76. The molecule has 0 aromatic rings. The lowest BCUT2D eigenvalue weighted by Crippen LogP contribution is -2.61. The average molecular weight is 252 g/mol. The van der Waals surface area contributed by atoms with Gasteiger partial charge in [0.2, 0.25) is 0 Å². The van der Waals surface area contributed by atoms with Crippen molar-refractivity contribution in [3.05, 3.63) is 0 Å². The van der Waals surface area contributed by atoms with Crippen molar-refractivity contribution < 1.29 is 8.85 Å². The van der Waals surface area contributed by atoms with Crippen LogP contribution < -0.4 is 0 Å². The zero-order chi connectivity index (χ0) is 11.4. The first kappa shape index (κ1) is 14.8. The van der Waals surface area contributed by atoms with Gasteiger partial charge in [-0.25, -0.2) is 0 Å². The predicted molar refractivity (Wildman–Crippen MR) is 71.7 cm³/mol. The van der Waals surface area contributed by atoms with Gasteiger partial charge in [0.05, 0.1) is 0 Å². The molecule has 2 atom stereocenters. The third kappa shape index (κ3) is 3.42. The Morgan fingerprint density at radius 2 is 1.57 bits per heavy atom. The maximum absolute atomic E-state index is 5.79. The van der Waals surface area contributed by atoms with Crippen LogP contribution in [0, 0.1) is 0 Å². The average Bonchev–Trinajstić information content (AvgIpc) is 2.11. The predicted octanol–water partition coefficient (Wildman–Crippen LogP) is 2.79. The van der Waals surface area contributed by atoms with Crippen molar-refractivity contribution in [2.75, 3.05) is 14.2 Å².